The summed E-state index contributed by atoms with van der Waals surface area (Å²) in [6, 6.07) is 8.53. The van der Waals surface area contributed by atoms with E-state index in [-0.39, 0.29) is 11.8 Å². The van der Waals surface area contributed by atoms with Crippen LogP contribution in [-0.2, 0) is 4.79 Å². The second-order valence-corrected chi connectivity index (χ2v) is 8.08. The molecule has 1 aromatic carbocycles. The van der Waals surface area contributed by atoms with Gasteiger partial charge in [0.1, 0.15) is 0 Å². The lowest BCUT2D eigenvalue weighted by atomic mass is 10.2. The number of thiazole rings is 1. The molecule has 120 valence electrons. The van der Waals surface area contributed by atoms with E-state index in [1.165, 1.54) is 42.2 Å². The van der Waals surface area contributed by atoms with E-state index in [0.717, 1.165) is 24.1 Å². The molecule has 2 aromatic rings. The lowest BCUT2D eigenvalue weighted by Crippen LogP contribution is -2.12. The molecule has 1 amide bonds. The van der Waals surface area contributed by atoms with Crippen molar-refractivity contribution in [2.75, 3.05) is 18.4 Å². The van der Waals surface area contributed by atoms with Crippen molar-refractivity contribution in [2.45, 2.75) is 30.6 Å². The van der Waals surface area contributed by atoms with Crippen LogP contribution in [0, 0.1) is 5.92 Å². The summed E-state index contributed by atoms with van der Waals surface area (Å²) in [6.45, 7) is 2.37. The van der Waals surface area contributed by atoms with Crippen LogP contribution in [0.5, 0.6) is 0 Å². The second kappa shape index (κ2) is 6.63. The molecule has 1 aliphatic heterocycles. The fourth-order valence-corrected chi connectivity index (χ4v) is 4.35. The highest BCUT2D eigenvalue weighted by Crippen LogP contribution is 2.32. The molecule has 0 spiro atoms. The van der Waals surface area contributed by atoms with E-state index in [1.807, 2.05) is 17.3 Å². The molecule has 2 heterocycles. The van der Waals surface area contributed by atoms with Crippen LogP contribution in [-0.4, -0.2) is 28.3 Å². The van der Waals surface area contributed by atoms with Gasteiger partial charge in [-0.05, 0) is 49.8 Å². The molecule has 23 heavy (non-hydrogen) atoms. The Morgan fingerprint density at radius 3 is 2.65 bits per heavy atom. The predicted molar refractivity (Wildman–Crippen MR) is 95.6 cm³/mol. The van der Waals surface area contributed by atoms with Crippen molar-refractivity contribution < 1.29 is 4.79 Å². The van der Waals surface area contributed by atoms with Crippen molar-refractivity contribution in [1.29, 1.82) is 0 Å². The van der Waals surface area contributed by atoms with Gasteiger partial charge in [0, 0.05) is 34.8 Å². The monoisotopic (exact) mass is 345 g/mol. The van der Waals surface area contributed by atoms with Gasteiger partial charge < -0.3 is 5.32 Å². The highest BCUT2D eigenvalue weighted by molar-refractivity contribution is 7.97. The van der Waals surface area contributed by atoms with E-state index < -0.39 is 0 Å². The molecule has 2 fully saturated rings. The molecule has 1 saturated heterocycles. The van der Waals surface area contributed by atoms with Gasteiger partial charge in [-0.1, -0.05) is 12.1 Å². The first-order valence-electron chi connectivity index (χ1n) is 8.08. The number of rotatable bonds is 5. The Morgan fingerprint density at radius 2 is 1.96 bits per heavy atom. The Balaban J connectivity index is 1.41. The zero-order chi connectivity index (χ0) is 15.6. The van der Waals surface area contributed by atoms with Crippen LogP contribution in [0.4, 0.5) is 5.13 Å². The maximum atomic E-state index is 11.8. The fraction of sp³-hybridized carbons (Fsp3) is 0.412. The third-order valence-electron chi connectivity index (χ3n) is 4.13. The first-order chi connectivity index (χ1) is 11.3. The first-order valence-corrected chi connectivity index (χ1v) is 9.73. The number of nitrogens with zero attached hydrogens (tertiary/aromatic N) is 2. The Morgan fingerprint density at radius 1 is 1.22 bits per heavy atom. The van der Waals surface area contributed by atoms with E-state index in [1.54, 1.807) is 0 Å². The number of aromatic nitrogens is 1. The minimum absolute atomic E-state index is 0.114. The van der Waals surface area contributed by atoms with E-state index >= 15 is 0 Å². The zero-order valence-corrected chi connectivity index (χ0v) is 14.5. The van der Waals surface area contributed by atoms with Crippen LogP contribution in [0.2, 0.25) is 0 Å². The number of benzene rings is 1. The molecule has 2 aliphatic rings. The number of carbonyl (C=O) groups excluding carboxylic acids is 1. The van der Waals surface area contributed by atoms with Gasteiger partial charge in [0.05, 0.1) is 5.69 Å². The second-order valence-electron chi connectivity index (χ2n) is 6.05. The average molecular weight is 345 g/mol. The molecule has 1 saturated carbocycles. The Kier molecular flexibility index (Phi) is 4.37. The molecular weight excluding hydrogens is 326 g/mol. The zero-order valence-electron chi connectivity index (χ0n) is 12.8. The van der Waals surface area contributed by atoms with Crippen molar-refractivity contribution in [1.82, 2.24) is 9.29 Å². The SMILES string of the molecule is O=C(Nc1nc(-c2ccc(SN3CCCC3)cc2)cs1)C1CC1. The van der Waals surface area contributed by atoms with Crippen molar-refractivity contribution in [3.8, 4) is 11.3 Å². The molecule has 1 aromatic heterocycles. The molecular formula is C17H19N3OS2. The van der Waals surface area contributed by atoms with Crippen LogP contribution in [0.1, 0.15) is 25.7 Å². The smallest absolute Gasteiger partial charge is 0.229 e. The summed E-state index contributed by atoms with van der Waals surface area (Å²) in [5.41, 5.74) is 2.03. The molecule has 1 N–H and O–H groups in total. The third-order valence-corrected chi connectivity index (χ3v) is 6.00. The van der Waals surface area contributed by atoms with Gasteiger partial charge in [0.2, 0.25) is 5.91 Å². The molecule has 1 aliphatic carbocycles. The van der Waals surface area contributed by atoms with Gasteiger partial charge in [-0.2, -0.15) is 0 Å². The van der Waals surface area contributed by atoms with E-state index in [4.69, 9.17) is 0 Å². The number of anilines is 1. The summed E-state index contributed by atoms with van der Waals surface area (Å²) >= 11 is 3.33. The van der Waals surface area contributed by atoms with Gasteiger partial charge in [-0.3, -0.25) is 4.79 Å². The summed E-state index contributed by atoms with van der Waals surface area (Å²) < 4.78 is 2.42. The molecule has 0 atom stereocenters. The predicted octanol–water partition coefficient (Wildman–Crippen LogP) is 4.26. The van der Waals surface area contributed by atoms with Crippen molar-refractivity contribution in [2.24, 2.45) is 5.92 Å². The third kappa shape index (κ3) is 3.76. The van der Waals surface area contributed by atoms with Crippen LogP contribution in [0.15, 0.2) is 34.5 Å². The molecule has 6 heteroatoms. The summed E-state index contributed by atoms with van der Waals surface area (Å²) in [7, 11) is 0. The van der Waals surface area contributed by atoms with Crippen LogP contribution in [0.25, 0.3) is 11.3 Å². The van der Waals surface area contributed by atoms with E-state index in [9.17, 15) is 4.79 Å². The normalized spacial score (nSPS) is 18.3. The molecule has 0 bridgehead atoms. The van der Waals surface area contributed by atoms with Gasteiger partial charge in [0.25, 0.3) is 0 Å². The van der Waals surface area contributed by atoms with Crippen LogP contribution in [0.3, 0.4) is 0 Å². The number of nitrogens with one attached hydrogen (secondary N) is 1. The first kappa shape index (κ1) is 15.2. The maximum Gasteiger partial charge on any atom is 0.229 e. The van der Waals surface area contributed by atoms with Crippen molar-refractivity contribution in [3.63, 3.8) is 0 Å². The molecule has 4 nitrogen and oxygen atoms in total. The highest BCUT2D eigenvalue weighted by atomic mass is 32.2. The summed E-state index contributed by atoms with van der Waals surface area (Å²) in [6.07, 6.45) is 4.64. The number of hydrogen-bond donors (Lipinski definition) is 1. The largest absolute Gasteiger partial charge is 0.302 e. The van der Waals surface area contributed by atoms with Crippen molar-refractivity contribution in [3.05, 3.63) is 29.6 Å². The molecule has 0 radical (unpaired) electrons. The van der Waals surface area contributed by atoms with Crippen LogP contribution < -0.4 is 5.32 Å². The van der Waals surface area contributed by atoms with Crippen LogP contribution >= 0.6 is 23.3 Å². The Labute approximate surface area is 144 Å². The Bertz CT molecular complexity index is 688. The summed E-state index contributed by atoms with van der Waals surface area (Å²) in [5.74, 6) is 0.326. The van der Waals surface area contributed by atoms with Gasteiger partial charge >= 0.3 is 0 Å². The lowest BCUT2D eigenvalue weighted by molar-refractivity contribution is -0.117. The summed E-state index contributed by atoms with van der Waals surface area (Å²) in [4.78, 5) is 17.6. The van der Waals surface area contributed by atoms with Gasteiger partial charge in [-0.25, -0.2) is 9.29 Å². The number of hydrogen-bond acceptors (Lipinski definition) is 5. The minimum atomic E-state index is 0.114. The topological polar surface area (TPSA) is 45.2 Å². The fourth-order valence-electron chi connectivity index (χ4n) is 2.63. The maximum absolute atomic E-state index is 11.8. The lowest BCUT2D eigenvalue weighted by Gasteiger charge is -2.13. The standard InChI is InChI=1S/C17H19N3OS2/c21-16(13-3-4-13)19-17-18-15(11-22-17)12-5-7-14(8-6-12)23-20-9-1-2-10-20/h5-8,11,13H,1-4,9-10H2,(H,18,19,21). The Hall–Kier alpha value is -1.37. The molecule has 0 unspecified atom stereocenters. The van der Waals surface area contributed by atoms with E-state index in [0.29, 0.717) is 5.13 Å². The van der Waals surface area contributed by atoms with E-state index in [2.05, 4.69) is 38.9 Å². The number of carbonyl (C=O) groups is 1. The molecule has 4 rings (SSSR count). The minimum Gasteiger partial charge on any atom is -0.302 e. The summed E-state index contributed by atoms with van der Waals surface area (Å²) in [5, 5.41) is 5.62. The quantitative estimate of drug-likeness (QED) is 0.822. The average Bonchev–Trinajstić information content (AvgIpc) is 3.11. The van der Waals surface area contributed by atoms with Crippen molar-refractivity contribution >= 4 is 34.3 Å². The number of amides is 1. The highest BCUT2D eigenvalue weighted by Gasteiger charge is 2.30. The van der Waals surface area contributed by atoms with Gasteiger partial charge in [-0.15, -0.1) is 11.3 Å². The van der Waals surface area contributed by atoms with Gasteiger partial charge in [0.15, 0.2) is 5.13 Å².